The molecule has 0 amide bonds. The molecular weight excluding hydrogens is 294 g/mol. The summed E-state index contributed by atoms with van der Waals surface area (Å²) >= 11 is 0. The summed E-state index contributed by atoms with van der Waals surface area (Å²) < 4.78 is 4.75. The van der Waals surface area contributed by atoms with Crippen LogP contribution in [0.1, 0.15) is 19.3 Å². The van der Waals surface area contributed by atoms with Crippen LogP contribution in [0.25, 0.3) is 0 Å². The number of esters is 1. The van der Waals surface area contributed by atoms with E-state index in [2.05, 4.69) is 0 Å². The van der Waals surface area contributed by atoms with Gasteiger partial charge >= 0.3 is 5.97 Å². The lowest BCUT2D eigenvalue weighted by atomic mass is 10.0. The molecule has 0 aromatic heterocycles. The number of rotatable bonds is 4. The topological polar surface area (TPSA) is 116 Å². The van der Waals surface area contributed by atoms with Crippen molar-refractivity contribution in [2.24, 2.45) is 0 Å². The largest absolute Gasteiger partial charge is 0.467 e. The average Bonchev–Trinajstić information content (AvgIpc) is 2.53. The molecule has 1 heterocycles. The first-order valence-electron chi connectivity index (χ1n) is 6.73. The number of carbonyl (C=O) groups excluding carboxylic acids is 1. The summed E-state index contributed by atoms with van der Waals surface area (Å²) in [5.41, 5.74) is -0.544. The molecule has 1 atom stereocenters. The lowest BCUT2D eigenvalue weighted by molar-refractivity contribution is -0.393. The number of nitro benzene ring substituents is 2. The summed E-state index contributed by atoms with van der Waals surface area (Å²) in [6.45, 7) is 0.457. The van der Waals surface area contributed by atoms with Crippen molar-refractivity contribution in [3.63, 3.8) is 0 Å². The molecule has 118 valence electrons. The number of nitrogens with zero attached hydrogens (tertiary/aromatic N) is 3. The Bertz CT molecular complexity index is 618. The normalized spacial score (nSPS) is 17.9. The smallest absolute Gasteiger partial charge is 0.328 e. The number of hydrogen-bond donors (Lipinski definition) is 0. The van der Waals surface area contributed by atoms with E-state index in [0.29, 0.717) is 13.0 Å². The number of ether oxygens (including phenoxy) is 1. The number of non-ortho nitro benzene ring substituents is 1. The highest BCUT2D eigenvalue weighted by molar-refractivity contribution is 5.82. The molecule has 9 nitrogen and oxygen atoms in total. The van der Waals surface area contributed by atoms with Gasteiger partial charge in [-0.2, -0.15) is 0 Å². The summed E-state index contributed by atoms with van der Waals surface area (Å²) in [4.78, 5) is 34.1. The van der Waals surface area contributed by atoms with Crippen LogP contribution in [0.3, 0.4) is 0 Å². The molecule has 0 N–H and O–H groups in total. The van der Waals surface area contributed by atoms with Gasteiger partial charge in [0, 0.05) is 12.6 Å². The summed E-state index contributed by atoms with van der Waals surface area (Å²) in [6, 6.07) is 2.82. The fourth-order valence-corrected chi connectivity index (χ4v) is 2.62. The third-order valence-electron chi connectivity index (χ3n) is 3.65. The van der Waals surface area contributed by atoms with Gasteiger partial charge in [-0.05, 0) is 25.3 Å². The predicted octanol–water partition coefficient (Wildman–Crippen LogP) is 2.03. The van der Waals surface area contributed by atoms with Crippen molar-refractivity contribution in [1.82, 2.24) is 0 Å². The van der Waals surface area contributed by atoms with Gasteiger partial charge in [-0.3, -0.25) is 20.2 Å². The van der Waals surface area contributed by atoms with Crippen LogP contribution in [0.2, 0.25) is 0 Å². The standard InChI is InChI=1S/C13H15N3O6/c1-22-13(17)11-4-2-3-7-14(11)10-6-5-9(15(18)19)8-12(10)16(20)21/h5-6,8,11H,2-4,7H2,1H3. The van der Waals surface area contributed by atoms with Crippen molar-refractivity contribution >= 4 is 23.0 Å². The minimum Gasteiger partial charge on any atom is -0.467 e. The number of piperidine rings is 1. The molecule has 2 rings (SSSR count). The van der Waals surface area contributed by atoms with Crippen molar-refractivity contribution in [1.29, 1.82) is 0 Å². The van der Waals surface area contributed by atoms with Crippen LogP contribution in [0.4, 0.5) is 17.1 Å². The van der Waals surface area contributed by atoms with Gasteiger partial charge < -0.3 is 9.64 Å². The van der Waals surface area contributed by atoms with Crippen LogP contribution in [0.15, 0.2) is 18.2 Å². The third kappa shape index (κ3) is 2.97. The Morgan fingerprint density at radius 2 is 2.00 bits per heavy atom. The highest BCUT2D eigenvalue weighted by atomic mass is 16.6. The molecule has 1 aliphatic heterocycles. The zero-order valence-electron chi connectivity index (χ0n) is 11.9. The van der Waals surface area contributed by atoms with Gasteiger partial charge in [-0.1, -0.05) is 0 Å². The summed E-state index contributed by atoms with van der Waals surface area (Å²) in [5.74, 6) is -0.465. The number of methoxy groups -OCH3 is 1. The van der Waals surface area contributed by atoms with Crippen molar-refractivity contribution in [2.75, 3.05) is 18.6 Å². The van der Waals surface area contributed by atoms with Gasteiger partial charge in [-0.25, -0.2) is 4.79 Å². The van der Waals surface area contributed by atoms with E-state index in [1.54, 1.807) is 4.90 Å². The second-order valence-corrected chi connectivity index (χ2v) is 4.92. The Kier molecular flexibility index (Phi) is 4.54. The molecule has 0 bridgehead atoms. The van der Waals surface area contributed by atoms with E-state index in [1.165, 1.54) is 19.2 Å². The molecular formula is C13H15N3O6. The van der Waals surface area contributed by atoms with Crippen LogP contribution in [-0.4, -0.2) is 35.5 Å². The van der Waals surface area contributed by atoms with Gasteiger partial charge in [-0.15, -0.1) is 0 Å². The molecule has 1 aliphatic rings. The predicted molar refractivity (Wildman–Crippen MR) is 76.8 cm³/mol. The number of anilines is 1. The fraction of sp³-hybridized carbons (Fsp3) is 0.462. The first-order chi connectivity index (χ1) is 10.5. The van der Waals surface area contributed by atoms with Crippen LogP contribution in [0, 0.1) is 20.2 Å². The zero-order valence-corrected chi connectivity index (χ0v) is 11.9. The molecule has 1 aromatic rings. The fourth-order valence-electron chi connectivity index (χ4n) is 2.62. The van der Waals surface area contributed by atoms with Crippen LogP contribution < -0.4 is 4.90 Å². The van der Waals surface area contributed by atoms with Gasteiger partial charge in [0.2, 0.25) is 0 Å². The minimum absolute atomic E-state index is 0.200. The first-order valence-corrected chi connectivity index (χ1v) is 6.73. The number of hydrogen-bond acceptors (Lipinski definition) is 7. The van der Waals surface area contributed by atoms with E-state index in [1.807, 2.05) is 0 Å². The molecule has 1 unspecified atom stereocenters. The summed E-state index contributed by atoms with van der Waals surface area (Å²) in [7, 11) is 1.26. The number of benzene rings is 1. The summed E-state index contributed by atoms with van der Waals surface area (Å²) in [5, 5.41) is 22.0. The van der Waals surface area contributed by atoms with Gasteiger partial charge in [0.25, 0.3) is 11.4 Å². The molecule has 9 heteroatoms. The maximum absolute atomic E-state index is 11.9. The molecule has 22 heavy (non-hydrogen) atoms. The van der Waals surface area contributed by atoms with E-state index in [4.69, 9.17) is 4.74 Å². The Morgan fingerprint density at radius 1 is 1.27 bits per heavy atom. The van der Waals surface area contributed by atoms with Gasteiger partial charge in [0.05, 0.1) is 23.0 Å². The molecule has 1 saturated heterocycles. The lowest BCUT2D eigenvalue weighted by Crippen LogP contribution is -2.45. The molecule has 1 aromatic carbocycles. The van der Waals surface area contributed by atoms with Crippen molar-refractivity contribution in [3.8, 4) is 0 Å². The Balaban J connectivity index is 2.47. The molecule has 0 spiro atoms. The Morgan fingerprint density at radius 3 is 2.59 bits per heavy atom. The second-order valence-electron chi connectivity index (χ2n) is 4.92. The lowest BCUT2D eigenvalue weighted by Gasteiger charge is -2.35. The maximum atomic E-state index is 11.9. The minimum atomic E-state index is -0.690. The number of nitro groups is 2. The quantitative estimate of drug-likeness (QED) is 0.474. The number of carbonyl (C=O) groups is 1. The monoisotopic (exact) mass is 309 g/mol. The first kappa shape index (κ1) is 15.7. The Hall–Kier alpha value is -2.71. The van der Waals surface area contributed by atoms with E-state index in [0.717, 1.165) is 18.9 Å². The van der Waals surface area contributed by atoms with Gasteiger partial charge in [0.1, 0.15) is 11.7 Å². The zero-order chi connectivity index (χ0) is 16.3. The summed E-state index contributed by atoms with van der Waals surface area (Å²) in [6.07, 6.45) is 2.12. The van der Waals surface area contributed by atoms with Crippen molar-refractivity contribution < 1.29 is 19.4 Å². The maximum Gasteiger partial charge on any atom is 0.328 e. The van der Waals surface area contributed by atoms with Crippen LogP contribution in [-0.2, 0) is 9.53 Å². The van der Waals surface area contributed by atoms with Crippen molar-refractivity contribution in [2.45, 2.75) is 25.3 Å². The second kappa shape index (κ2) is 6.37. The van der Waals surface area contributed by atoms with E-state index < -0.39 is 21.9 Å². The molecule has 1 fully saturated rings. The third-order valence-corrected chi connectivity index (χ3v) is 3.65. The SMILES string of the molecule is COC(=O)C1CCCCN1c1ccc([N+](=O)[O-])cc1[N+](=O)[O-]. The Labute approximate surface area is 125 Å². The molecule has 0 saturated carbocycles. The molecule has 0 radical (unpaired) electrons. The van der Waals surface area contributed by atoms with Crippen LogP contribution >= 0.6 is 0 Å². The average molecular weight is 309 g/mol. The van der Waals surface area contributed by atoms with Gasteiger partial charge in [0.15, 0.2) is 0 Å². The van der Waals surface area contributed by atoms with E-state index >= 15 is 0 Å². The van der Waals surface area contributed by atoms with E-state index in [9.17, 15) is 25.0 Å². The van der Waals surface area contributed by atoms with Crippen molar-refractivity contribution in [3.05, 3.63) is 38.4 Å². The highest BCUT2D eigenvalue weighted by Crippen LogP contribution is 2.35. The molecule has 0 aliphatic carbocycles. The highest BCUT2D eigenvalue weighted by Gasteiger charge is 2.34. The van der Waals surface area contributed by atoms with E-state index in [-0.39, 0.29) is 17.1 Å². The van der Waals surface area contributed by atoms with Crippen LogP contribution in [0.5, 0.6) is 0 Å².